The molecule has 5 nitrogen and oxygen atoms in total. The van der Waals surface area contributed by atoms with Crippen LogP contribution < -0.4 is 5.32 Å². The molecule has 56 heavy (non-hydrogen) atoms. The number of para-hydroxylation sites is 1. The first-order valence-corrected chi connectivity index (χ1v) is 18.9. The number of hydrogen-bond donors (Lipinski definition) is 1. The molecule has 0 fully saturated rings. The molecule has 1 aliphatic rings. The molecule has 1 N–H and O–H groups in total. The van der Waals surface area contributed by atoms with Crippen LogP contribution in [0.15, 0.2) is 209 Å². The SMILES string of the molecule is c1ccc(C2=NC(c3ccc4c(c3)oc3c4ccc4c3c3ccccc3n4-c3cccc(-c4ccccc4)c3)=NC(c3ccc(-c4ccccc4)cc3)N2)cc1. The molecule has 1 atom stereocenters. The van der Waals surface area contributed by atoms with E-state index < -0.39 is 0 Å². The van der Waals surface area contributed by atoms with Crippen molar-refractivity contribution in [2.45, 2.75) is 6.17 Å². The van der Waals surface area contributed by atoms with Crippen LogP contribution in [-0.2, 0) is 0 Å². The number of aliphatic imine (C=N–C) groups is 2. The highest BCUT2D eigenvalue weighted by Crippen LogP contribution is 2.41. The van der Waals surface area contributed by atoms with E-state index in [9.17, 15) is 0 Å². The van der Waals surface area contributed by atoms with E-state index in [4.69, 9.17) is 14.4 Å². The molecular formula is C51H34N4O. The molecule has 264 valence electrons. The summed E-state index contributed by atoms with van der Waals surface area (Å²) < 4.78 is 9.25. The Hall–Kier alpha value is -7.50. The quantitative estimate of drug-likeness (QED) is 0.186. The fraction of sp³-hybridized carbons (Fsp3) is 0.0196. The molecule has 0 radical (unpaired) electrons. The number of nitrogens with one attached hydrogen (secondary N) is 1. The summed E-state index contributed by atoms with van der Waals surface area (Å²) in [7, 11) is 0. The Bertz CT molecular complexity index is 3140. The minimum Gasteiger partial charge on any atom is -0.455 e. The van der Waals surface area contributed by atoms with Crippen molar-refractivity contribution in [3.63, 3.8) is 0 Å². The van der Waals surface area contributed by atoms with Gasteiger partial charge < -0.3 is 14.3 Å². The van der Waals surface area contributed by atoms with Gasteiger partial charge in [-0.3, -0.25) is 0 Å². The van der Waals surface area contributed by atoms with E-state index in [2.05, 4.69) is 180 Å². The first kappa shape index (κ1) is 32.0. The van der Waals surface area contributed by atoms with E-state index in [1.807, 2.05) is 24.3 Å². The van der Waals surface area contributed by atoms with Crippen molar-refractivity contribution in [1.82, 2.24) is 9.88 Å². The predicted octanol–water partition coefficient (Wildman–Crippen LogP) is 12.5. The maximum Gasteiger partial charge on any atom is 0.159 e. The second-order valence-corrected chi connectivity index (χ2v) is 14.2. The van der Waals surface area contributed by atoms with Crippen LogP contribution in [0.2, 0.25) is 0 Å². The maximum atomic E-state index is 6.89. The van der Waals surface area contributed by atoms with Gasteiger partial charge in [-0.05, 0) is 70.3 Å². The van der Waals surface area contributed by atoms with E-state index in [1.54, 1.807) is 0 Å². The van der Waals surface area contributed by atoms with Gasteiger partial charge >= 0.3 is 0 Å². The normalized spacial score (nSPS) is 14.2. The van der Waals surface area contributed by atoms with Gasteiger partial charge in [0.25, 0.3) is 0 Å². The topological polar surface area (TPSA) is 54.8 Å². The molecular weight excluding hydrogens is 685 g/mol. The molecule has 2 aromatic heterocycles. The summed E-state index contributed by atoms with van der Waals surface area (Å²) in [6, 6.07) is 68.0. The van der Waals surface area contributed by atoms with Crippen molar-refractivity contribution in [3.8, 4) is 27.9 Å². The van der Waals surface area contributed by atoms with Crippen molar-refractivity contribution in [2.75, 3.05) is 0 Å². The summed E-state index contributed by atoms with van der Waals surface area (Å²) in [6.07, 6.45) is -0.319. The third kappa shape index (κ3) is 5.40. The van der Waals surface area contributed by atoms with Crippen molar-refractivity contribution >= 4 is 55.4 Å². The lowest BCUT2D eigenvalue weighted by molar-refractivity contribution is 0.670. The number of fused-ring (bicyclic) bond motifs is 7. The number of nitrogens with zero attached hydrogens (tertiary/aromatic N) is 3. The molecule has 1 unspecified atom stereocenters. The molecule has 0 bridgehead atoms. The predicted molar refractivity (Wildman–Crippen MR) is 231 cm³/mol. The highest BCUT2D eigenvalue weighted by atomic mass is 16.3. The largest absolute Gasteiger partial charge is 0.455 e. The minimum atomic E-state index is -0.319. The number of amidine groups is 2. The molecule has 10 aromatic rings. The lowest BCUT2D eigenvalue weighted by Crippen LogP contribution is -2.33. The van der Waals surface area contributed by atoms with Crippen LogP contribution in [0.4, 0.5) is 0 Å². The number of rotatable bonds is 6. The van der Waals surface area contributed by atoms with Gasteiger partial charge in [0.2, 0.25) is 0 Å². The highest BCUT2D eigenvalue weighted by molar-refractivity contribution is 6.24. The average Bonchev–Trinajstić information content (AvgIpc) is 3.83. The molecule has 8 aromatic carbocycles. The molecule has 3 heterocycles. The number of furan rings is 1. The number of hydrogen-bond acceptors (Lipinski definition) is 4. The Morgan fingerprint density at radius 1 is 0.464 bits per heavy atom. The van der Waals surface area contributed by atoms with Gasteiger partial charge in [-0.15, -0.1) is 0 Å². The monoisotopic (exact) mass is 718 g/mol. The van der Waals surface area contributed by atoms with E-state index >= 15 is 0 Å². The van der Waals surface area contributed by atoms with E-state index in [0.717, 1.165) is 72.0 Å². The molecule has 5 heteroatoms. The van der Waals surface area contributed by atoms with Gasteiger partial charge in [0.1, 0.15) is 23.2 Å². The van der Waals surface area contributed by atoms with Gasteiger partial charge in [0.05, 0.1) is 16.4 Å². The van der Waals surface area contributed by atoms with Crippen LogP contribution in [0.25, 0.3) is 71.7 Å². The van der Waals surface area contributed by atoms with Crippen molar-refractivity contribution in [2.24, 2.45) is 9.98 Å². The van der Waals surface area contributed by atoms with Gasteiger partial charge in [-0.2, -0.15) is 0 Å². The van der Waals surface area contributed by atoms with Crippen LogP contribution >= 0.6 is 0 Å². The van der Waals surface area contributed by atoms with Crippen molar-refractivity contribution in [1.29, 1.82) is 0 Å². The molecule has 1 aliphatic heterocycles. The van der Waals surface area contributed by atoms with Crippen molar-refractivity contribution < 1.29 is 4.42 Å². The standard InChI is InChI=1S/C51H34N4O/c1-4-13-33(14-5-1)35-23-25-37(26-24-35)50-52-49(36-17-8-3-9-18-36)53-51(54-50)39-27-28-41-42-29-30-45-47(48(42)56-46(41)32-39)43-21-10-11-22-44(43)55(45)40-20-12-19-38(31-40)34-15-6-2-7-16-34/h1-32,50H,(H,52,53,54). The molecule has 0 amide bonds. The van der Waals surface area contributed by atoms with E-state index in [1.165, 1.54) is 22.3 Å². The molecule has 0 saturated heterocycles. The Labute approximate surface area is 323 Å². The van der Waals surface area contributed by atoms with Gasteiger partial charge in [0.15, 0.2) is 5.84 Å². The third-order valence-corrected chi connectivity index (χ3v) is 10.9. The molecule has 0 spiro atoms. The molecule has 11 rings (SSSR count). The zero-order valence-corrected chi connectivity index (χ0v) is 30.3. The molecule has 0 aliphatic carbocycles. The summed E-state index contributed by atoms with van der Waals surface area (Å²) >= 11 is 0. The van der Waals surface area contributed by atoms with E-state index in [0.29, 0.717) is 5.84 Å². The highest BCUT2D eigenvalue weighted by Gasteiger charge is 2.23. The average molecular weight is 719 g/mol. The summed E-state index contributed by atoms with van der Waals surface area (Å²) in [5.74, 6) is 1.44. The lowest BCUT2D eigenvalue weighted by atomic mass is 10.0. The zero-order chi connectivity index (χ0) is 37.0. The fourth-order valence-corrected chi connectivity index (χ4v) is 8.14. The van der Waals surface area contributed by atoms with Crippen LogP contribution in [0, 0.1) is 0 Å². The Kier molecular flexibility index (Phi) is 7.49. The van der Waals surface area contributed by atoms with Crippen LogP contribution in [0.3, 0.4) is 0 Å². The minimum absolute atomic E-state index is 0.319. The van der Waals surface area contributed by atoms with Gasteiger partial charge in [0, 0.05) is 33.0 Å². The summed E-state index contributed by atoms with van der Waals surface area (Å²) in [6.45, 7) is 0. The number of benzene rings is 8. The summed E-state index contributed by atoms with van der Waals surface area (Å²) in [5.41, 5.74) is 12.7. The zero-order valence-electron chi connectivity index (χ0n) is 30.3. The lowest BCUT2D eigenvalue weighted by Gasteiger charge is -2.24. The van der Waals surface area contributed by atoms with E-state index in [-0.39, 0.29) is 6.17 Å². The van der Waals surface area contributed by atoms with Crippen LogP contribution in [-0.4, -0.2) is 16.2 Å². The second-order valence-electron chi connectivity index (χ2n) is 14.2. The summed E-state index contributed by atoms with van der Waals surface area (Å²) in [5, 5.41) is 8.00. The fourth-order valence-electron chi connectivity index (χ4n) is 8.14. The van der Waals surface area contributed by atoms with Gasteiger partial charge in [-0.1, -0.05) is 152 Å². The number of aromatic nitrogens is 1. The third-order valence-electron chi connectivity index (χ3n) is 10.9. The van der Waals surface area contributed by atoms with Gasteiger partial charge in [-0.25, -0.2) is 9.98 Å². The first-order chi connectivity index (χ1) is 27.7. The second kappa shape index (κ2) is 13.1. The Morgan fingerprint density at radius 3 is 1.86 bits per heavy atom. The first-order valence-electron chi connectivity index (χ1n) is 18.9. The molecule has 0 saturated carbocycles. The van der Waals surface area contributed by atoms with Crippen LogP contribution in [0.5, 0.6) is 0 Å². The summed E-state index contributed by atoms with van der Waals surface area (Å²) in [4.78, 5) is 10.3. The Morgan fingerprint density at radius 2 is 1.09 bits per heavy atom. The van der Waals surface area contributed by atoms with Crippen molar-refractivity contribution in [3.05, 3.63) is 211 Å². The van der Waals surface area contributed by atoms with Crippen LogP contribution in [0.1, 0.15) is 22.9 Å². The maximum absolute atomic E-state index is 6.89. The Balaban J connectivity index is 1.04. The smallest absolute Gasteiger partial charge is 0.159 e.